The van der Waals surface area contributed by atoms with Gasteiger partial charge in [-0.05, 0) is 30.3 Å². The third-order valence-corrected chi connectivity index (χ3v) is 3.92. The van der Waals surface area contributed by atoms with Crippen LogP contribution in [-0.2, 0) is 11.3 Å². The number of rotatable bonds is 4. The maximum absolute atomic E-state index is 11.0. The van der Waals surface area contributed by atoms with Crippen LogP contribution in [0, 0.1) is 0 Å². The van der Waals surface area contributed by atoms with Crippen molar-refractivity contribution in [3.63, 3.8) is 0 Å². The van der Waals surface area contributed by atoms with Gasteiger partial charge in [0.05, 0.1) is 15.0 Å². The highest BCUT2D eigenvalue weighted by Gasteiger charge is 2.04. The first-order valence-electron chi connectivity index (χ1n) is 5.60. The van der Waals surface area contributed by atoms with Crippen LogP contribution in [-0.4, -0.2) is 5.91 Å². The zero-order valence-corrected chi connectivity index (χ0v) is 12.5. The molecule has 0 atom stereocenters. The maximum Gasteiger partial charge on any atom is 0.221 e. The molecule has 0 aliphatic carbocycles. The van der Waals surface area contributed by atoms with Crippen molar-refractivity contribution in [2.45, 2.75) is 13.5 Å². The Morgan fingerprint density at radius 1 is 1.26 bits per heavy atom. The van der Waals surface area contributed by atoms with E-state index in [1.807, 2.05) is 18.2 Å². The van der Waals surface area contributed by atoms with Gasteiger partial charge in [0.1, 0.15) is 0 Å². The number of thiophene rings is 1. The van der Waals surface area contributed by atoms with Gasteiger partial charge in [0.25, 0.3) is 0 Å². The lowest BCUT2D eigenvalue weighted by molar-refractivity contribution is -0.114. The maximum atomic E-state index is 11.0. The average molecular weight is 315 g/mol. The van der Waals surface area contributed by atoms with Gasteiger partial charge in [-0.25, -0.2) is 0 Å². The summed E-state index contributed by atoms with van der Waals surface area (Å²) < 4.78 is 0.774. The number of carbonyl (C=O) groups is 1. The number of anilines is 2. The number of nitrogens with one attached hydrogen (secondary N) is 2. The standard InChI is InChI=1S/C13H12Cl2N2OS/c1-8(18)17-12-4-2-9(6-11(12)14)16-7-10-3-5-13(15)19-10/h2-6,16H,7H2,1H3,(H,17,18). The molecule has 2 rings (SSSR count). The molecule has 1 aromatic carbocycles. The SMILES string of the molecule is CC(=O)Nc1ccc(NCc2ccc(Cl)s2)cc1Cl. The van der Waals surface area contributed by atoms with E-state index in [1.165, 1.54) is 18.3 Å². The van der Waals surface area contributed by atoms with E-state index in [9.17, 15) is 4.79 Å². The molecule has 6 heteroatoms. The molecular formula is C13H12Cl2N2OS. The Balaban J connectivity index is 2.01. The van der Waals surface area contributed by atoms with Crippen molar-refractivity contribution >= 4 is 51.8 Å². The zero-order chi connectivity index (χ0) is 13.8. The first-order valence-corrected chi connectivity index (χ1v) is 7.17. The van der Waals surface area contributed by atoms with Crippen LogP contribution in [0.3, 0.4) is 0 Å². The lowest BCUT2D eigenvalue weighted by Gasteiger charge is -2.09. The van der Waals surface area contributed by atoms with Gasteiger partial charge >= 0.3 is 0 Å². The molecule has 1 aromatic heterocycles. The largest absolute Gasteiger partial charge is 0.380 e. The Kier molecular flexibility index (Phi) is 4.69. The fourth-order valence-corrected chi connectivity index (χ4v) is 2.81. The average Bonchev–Trinajstić information content (AvgIpc) is 2.75. The van der Waals surface area contributed by atoms with E-state index in [0.29, 0.717) is 17.3 Å². The van der Waals surface area contributed by atoms with E-state index in [-0.39, 0.29) is 5.91 Å². The Hall–Kier alpha value is -1.23. The van der Waals surface area contributed by atoms with Crippen LogP contribution in [0.2, 0.25) is 9.36 Å². The van der Waals surface area contributed by atoms with Gasteiger partial charge < -0.3 is 10.6 Å². The molecule has 2 N–H and O–H groups in total. The quantitative estimate of drug-likeness (QED) is 0.864. The van der Waals surface area contributed by atoms with Crippen molar-refractivity contribution in [2.75, 3.05) is 10.6 Å². The van der Waals surface area contributed by atoms with Gasteiger partial charge in [-0.2, -0.15) is 0 Å². The van der Waals surface area contributed by atoms with Crippen LogP contribution in [0.1, 0.15) is 11.8 Å². The van der Waals surface area contributed by atoms with Crippen molar-refractivity contribution in [2.24, 2.45) is 0 Å². The van der Waals surface area contributed by atoms with Gasteiger partial charge in [0, 0.05) is 24.0 Å². The molecular weight excluding hydrogens is 303 g/mol. The third-order valence-electron chi connectivity index (χ3n) is 2.38. The van der Waals surface area contributed by atoms with E-state index in [2.05, 4.69) is 10.6 Å². The molecule has 19 heavy (non-hydrogen) atoms. The van der Waals surface area contributed by atoms with Gasteiger partial charge in [-0.15, -0.1) is 11.3 Å². The summed E-state index contributed by atoms with van der Waals surface area (Å²) in [5, 5.41) is 6.42. The molecule has 1 amide bonds. The van der Waals surface area contributed by atoms with Gasteiger partial charge in [-0.1, -0.05) is 23.2 Å². The number of carbonyl (C=O) groups excluding carboxylic acids is 1. The van der Waals surface area contributed by atoms with E-state index in [4.69, 9.17) is 23.2 Å². The minimum Gasteiger partial charge on any atom is -0.380 e. The van der Waals surface area contributed by atoms with Crippen molar-refractivity contribution in [1.82, 2.24) is 0 Å². The number of hydrogen-bond donors (Lipinski definition) is 2. The van der Waals surface area contributed by atoms with Crippen molar-refractivity contribution in [3.05, 3.63) is 44.6 Å². The van der Waals surface area contributed by atoms with Crippen LogP contribution in [0.4, 0.5) is 11.4 Å². The van der Waals surface area contributed by atoms with Crippen LogP contribution in [0.5, 0.6) is 0 Å². The number of amides is 1. The van der Waals surface area contributed by atoms with Crippen LogP contribution >= 0.6 is 34.5 Å². The Labute approximate surface area is 125 Å². The van der Waals surface area contributed by atoms with Crippen molar-refractivity contribution in [1.29, 1.82) is 0 Å². The molecule has 100 valence electrons. The highest BCUT2D eigenvalue weighted by molar-refractivity contribution is 7.16. The molecule has 0 fully saturated rings. The number of benzene rings is 1. The molecule has 2 aromatic rings. The summed E-state index contributed by atoms with van der Waals surface area (Å²) in [7, 11) is 0. The first kappa shape index (κ1) is 14.2. The molecule has 0 radical (unpaired) electrons. The van der Waals surface area contributed by atoms with Crippen molar-refractivity contribution in [3.8, 4) is 0 Å². The highest BCUT2D eigenvalue weighted by atomic mass is 35.5. The second-order valence-corrected chi connectivity index (χ2v) is 6.14. The molecule has 1 heterocycles. The van der Waals surface area contributed by atoms with E-state index >= 15 is 0 Å². The Morgan fingerprint density at radius 2 is 2.05 bits per heavy atom. The smallest absolute Gasteiger partial charge is 0.221 e. The van der Waals surface area contributed by atoms with Crippen LogP contribution in [0.15, 0.2) is 30.3 Å². The summed E-state index contributed by atoms with van der Waals surface area (Å²) in [6.45, 7) is 2.14. The van der Waals surface area contributed by atoms with E-state index in [1.54, 1.807) is 12.1 Å². The summed E-state index contributed by atoms with van der Waals surface area (Å²) in [6.07, 6.45) is 0. The topological polar surface area (TPSA) is 41.1 Å². The van der Waals surface area contributed by atoms with E-state index in [0.717, 1.165) is 14.9 Å². The number of halogens is 2. The second kappa shape index (κ2) is 6.28. The van der Waals surface area contributed by atoms with Crippen LogP contribution < -0.4 is 10.6 Å². The summed E-state index contributed by atoms with van der Waals surface area (Å²) >= 11 is 13.5. The predicted molar refractivity (Wildman–Crippen MR) is 82.4 cm³/mol. The summed E-state index contributed by atoms with van der Waals surface area (Å²) in [4.78, 5) is 12.1. The van der Waals surface area contributed by atoms with Gasteiger partial charge in [0.15, 0.2) is 0 Å². The predicted octanol–water partition coefficient (Wildman–Crippen LogP) is 4.63. The van der Waals surface area contributed by atoms with Gasteiger partial charge in [-0.3, -0.25) is 4.79 Å². The third kappa shape index (κ3) is 4.13. The highest BCUT2D eigenvalue weighted by Crippen LogP contribution is 2.27. The minimum absolute atomic E-state index is 0.143. The number of hydrogen-bond acceptors (Lipinski definition) is 3. The Bertz CT molecular complexity index is 598. The van der Waals surface area contributed by atoms with Crippen LogP contribution in [0.25, 0.3) is 0 Å². The molecule has 0 unspecified atom stereocenters. The monoisotopic (exact) mass is 314 g/mol. The first-order chi connectivity index (χ1) is 9.04. The molecule has 0 aliphatic rings. The summed E-state index contributed by atoms with van der Waals surface area (Å²) in [5.41, 5.74) is 1.50. The summed E-state index contributed by atoms with van der Waals surface area (Å²) in [5.74, 6) is -0.143. The molecule has 0 spiro atoms. The fraction of sp³-hybridized carbons (Fsp3) is 0.154. The molecule has 3 nitrogen and oxygen atoms in total. The Morgan fingerprint density at radius 3 is 2.63 bits per heavy atom. The second-order valence-electron chi connectivity index (χ2n) is 3.94. The molecule has 0 saturated carbocycles. The summed E-state index contributed by atoms with van der Waals surface area (Å²) in [6, 6.07) is 9.27. The molecule has 0 aliphatic heterocycles. The molecule has 0 bridgehead atoms. The van der Waals surface area contributed by atoms with E-state index < -0.39 is 0 Å². The normalized spacial score (nSPS) is 10.3. The molecule has 0 saturated heterocycles. The van der Waals surface area contributed by atoms with Crippen molar-refractivity contribution < 1.29 is 4.79 Å². The minimum atomic E-state index is -0.143. The zero-order valence-electron chi connectivity index (χ0n) is 10.2. The lowest BCUT2D eigenvalue weighted by Crippen LogP contribution is -2.06. The lowest BCUT2D eigenvalue weighted by atomic mass is 10.2. The van der Waals surface area contributed by atoms with Gasteiger partial charge in [0.2, 0.25) is 5.91 Å². The fourth-order valence-electron chi connectivity index (χ4n) is 1.55.